The topological polar surface area (TPSA) is 102 Å². The highest BCUT2D eigenvalue weighted by atomic mass is 32.2. The molecule has 1 atom stereocenters. The fourth-order valence-corrected chi connectivity index (χ4v) is 3.44. The van der Waals surface area contributed by atoms with Crippen molar-refractivity contribution in [2.75, 3.05) is 38.6 Å². The predicted molar refractivity (Wildman–Crippen MR) is 67.5 cm³/mol. The number of rotatable bonds is 8. The first-order valence-electron chi connectivity index (χ1n) is 6.03. The smallest absolute Gasteiger partial charge is 0.232 e. The van der Waals surface area contributed by atoms with Gasteiger partial charge in [-0.2, -0.15) is 4.31 Å². The molecule has 0 aromatic heterocycles. The van der Waals surface area contributed by atoms with Gasteiger partial charge in [-0.3, -0.25) is 4.79 Å². The van der Waals surface area contributed by atoms with Crippen LogP contribution in [0.15, 0.2) is 0 Å². The molecule has 0 aliphatic carbocycles. The number of ether oxygens (including phenoxy) is 1. The molecule has 1 unspecified atom stereocenters. The van der Waals surface area contributed by atoms with Gasteiger partial charge in [-0.05, 0) is 19.9 Å². The molecular weight excluding hydrogens is 258 g/mol. The minimum absolute atomic E-state index is 0.120. The summed E-state index contributed by atoms with van der Waals surface area (Å²) in [5.41, 5.74) is 5.12. The highest BCUT2D eigenvalue weighted by molar-refractivity contribution is 7.89. The molecule has 1 aliphatic rings. The standard InChI is InChI=1S/C10H21N3O4S/c1-2-17-5-6-18(15,16)13(8-10(11)14)9-3-4-12-7-9/h9,12H,2-8H2,1H3,(H2,11,14). The average molecular weight is 279 g/mol. The number of primary amides is 1. The van der Waals surface area contributed by atoms with Crippen LogP contribution in [0.25, 0.3) is 0 Å². The van der Waals surface area contributed by atoms with Gasteiger partial charge in [-0.25, -0.2) is 8.42 Å². The Morgan fingerprint density at radius 1 is 1.56 bits per heavy atom. The summed E-state index contributed by atoms with van der Waals surface area (Å²) < 4.78 is 30.5. The molecule has 0 spiro atoms. The van der Waals surface area contributed by atoms with Crippen molar-refractivity contribution in [3.05, 3.63) is 0 Å². The third-order valence-electron chi connectivity index (χ3n) is 2.80. The molecular formula is C10H21N3O4S. The van der Waals surface area contributed by atoms with Crippen molar-refractivity contribution in [2.24, 2.45) is 5.73 Å². The molecule has 1 rings (SSSR count). The van der Waals surface area contributed by atoms with Gasteiger partial charge in [0.1, 0.15) is 0 Å². The molecule has 1 aliphatic heterocycles. The lowest BCUT2D eigenvalue weighted by atomic mass is 10.2. The molecule has 0 radical (unpaired) electrons. The molecule has 0 bridgehead atoms. The number of nitrogens with zero attached hydrogens (tertiary/aromatic N) is 1. The first-order valence-corrected chi connectivity index (χ1v) is 7.64. The molecule has 8 heteroatoms. The van der Waals surface area contributed by atoms with E-state index in [1.807, 2.05) is 0 Å². The van der Waals surface area contributed by atoms with Crippen LogP contribution in [-0.2, 0) is 19.6 Å². The monoisotopic (exact) mass is 279 g/mol. The second kappa shape index (κ2) is 7.03. The minimum Gasteiger partial charge on any atom is -0.381 e. The summed E-state index contributed by atoms with van der Waals surface area (Å²) in [5.74, 6) is -0.758. The number of hydrogen-bond donors (Lipinski definition) is 2. The van der Waals surface area contributed by atoms with E-state index in [0.717, 1.165) is 6.54 Å². The maximum atomic E-state index is 12.1. The molecule has 0 aromatic carbocycles. The third kappa shape index (κ3) is 4.52. The van der Waals surface area contributed by atoms with E-state index < -0.39 is 15.9 Å². The quantitative estimate of drug-likeness (QED) is 0.527. The molecule has 0 aromatic rings. The van der Waals surface area contributed by atoms with Gasteiger partial charge < -0.3 is 15.8 Å². The van der Waals surface area contributed by atoms with Crippen molar-refractivity contribution < 1.29 is 17.9 Å². The van der Waals surface area contributed by atoms with Crippen LogP contribution >= 0.6 is 0 Å². The molecule has 106 valence electrons. The Morgan fingerprint density at radius 2 is 2.28 bits per heavy atom. The van der Waals surface area contributed by atoms with E-state index in [4.69, 9.17) is 10.5 Å². The number of amides is 1. The van der Waals surface area contributed by atoms with Crippen molar-refractivity contribution in [1.29, 1.82) is 0 Å². The van der Waals surface area contributed by atoms with Crippen molar-refractivity contribution >= 4 is 15.9 Å². The normalized spacial score (nSPS) is 20.4. The Labute approximate surface area is 108 Å². The zero-order valence-corrected chi connectivity index (χ0v) is 11.4. The SMILES string of the molecule is CCOCCS(=O)(=O)N(CC(N)=O)C1CCNC1. The number of hydrogen-bond acceptors (Lipinski definition) is 5. The van der Waals surface area contributed by atoms with Crippen molar-refractivity contribution in [3.63, 3.8) is 0 Å². The van der Waals surface area contributed by atoms with Crippen molar-refractivity contribution in [1.82, 2.24) is 9.62 Å². The fourth-order valence-electron chi connectivity index (χ4n) is 1.92. The summed E-state index contributed by atoms with van der Waals surface area (Å²) in [6.07, 6.45) is 0.696. The zero-order valence-electron chi connectivity index (χ0n) is 10.6. The molecule has 1 heterocycles. The van der Waals surface area contributed by atoms with E-state index in [1.54, 1.807) is 6.92 Å². The van der Waals surface area contributed by atoms with Crippen molar-refractivity contribution in [2.45, 2.75) is 19.4 Å². The number of nitrogens with one attached hydrogen (secondary N) is 1. The van der Waals surface area contributed by atoms with Gasteiger partial charge in [0.25, 0.3) is 0 Å². The number of carbonyl (C=O) groups excluding carboxylic acids is 1. The second-order valence-corrected chi connectivity index (χ2v) is 6.21. The average Bonchev–Trinajstić information content (AvgIpc) is 2.78. The van der Waals surface area contributed by atoms with Gasteiger partial charge in [0.05, 0.1) is 18.9 Å². The molecule has 1 fully saturated rings. The van der Waals surface area contributed by atoms with Crippen LogP contribution in [0.2, 0.25) is 0 Å². The maximum absolute atomic E-state index is 12.1. The van der Waals surface area contributed by atoms with E-state index in [9.17, 15) is 13.2 Å². The molecule has 1 saturated heterocycles. The highest BCUT2D eigenvalue weighted by Crippen LogP contribution is 2.13. The lowest BCUT2D eigenvalue weighted by Crippen LogP contribution is -2.47. The second-order valence-electron chi connectivity index (χ2n) is 4.17. The first kappa shape index (κ1) is 15.4. The van der Waals surface area contributed by atoms with Crippen LogP contribution in [0.3, 0.4) is 0 Å². The summed E-state index contributed by atoms with van der Waals surface area (Å²) >= 11 is 0. The van der Waals surface area contributed by atoms with Gasteiger partial charge in [0.15, 0.2) is 0 Å². The summed E-state index contributed by atoms with van der Waals surface area (Å²) in [5, 5.41) is 3.08. The number of sulfonamides is 1. The van der Waals surface area contributed by atoms with E-state index in [0.29, 0.717) is 19.6 Å². The fraction of sp³-hybridized carbons (Fsp3) is 0.900. The molecule has 7 nitrogen and oxygen atoms in total. The van der Waals surface area contributed by atoms with Crippen LogP contribution in [-0.4, -0.2) is 63.3 Å². The van der Waals surface area contributed by atoms with Crippen molar-refractivity contribution in [3.8, 4) is 0 Å². The van der Waals surface area contributed by atoms with Gasteiger partial charge in [-0.15, -0.1) is 0 Å². The maximum Gasteiger partial charge on any atom is 0.232 e. The van der Waals surface area contributed by atoms with Crippen LogP contribution in [0.4, 0.5) is 0 Å². The van der Waals surface area contributed by atoms with E-state index in [2.05, 4.69) is 5.32 Å². The Bertz CT molecular complexity index is 365. The molecule has 18 heavy (non-hydrogen) atoms. The van der Waals surface area contributed by atoms with Crippen LogP contribution < -0.4 is 11.1 Å². The number of carbonyl (C=O) groups is 1. The van der Waals surface area contributed by atoms with E-state index in [-0.39, 0.29) is 24.9 Å². The van der Waals surface area contributed by atoms with Gasteiger partial charge in [-0.1, -0.05) is 0 Å². The summed E-state index contributed by atoms with van der Waals surface area (Å²) in [6.45, 7) is 3.45. The van der Waals surface area contributed by atoms with Crippen LogP contribution in [0.1, 0.15) is 13.3 Å². The van der Waals surface area contributed by atoms with Gasteiger partial charge in [0.2, 0.25) is 15.9 Å². The minimum atomic E-state index is -3.51. The Morgan fingerprint density at radius 3 is 2.78 bits per heavy atom. The lowest BCUT2D eigenvalue weighted by molar-refractivity contribution is -0.118. The predicted octanol–water partition coefficient (Wildman–Crippen LogP) is -1.50. The summed E-state index contributed by atoms with van der Waals surface area (Å²) in [7, 11) is -3.51. The van der Waals surface area contributed by atoms with Gasteiger partial charge in [0, 0.05) is 19.2 Å². The first-order chi connectivity index (χ1) is 8.47. The molecule has 1 amide bonds. The van der Waals surface area contributed by atoms with Crippen LogP contribution in [0.5, 0.6) is 0 Å². The third-order valence-corrected chi connectivity index (χ3v) is 4.62. The molecule has 0 saturated carbocycles. The Kier molecular flexibility index (Phi) is 6.00. The highest BCUT2D eigenvalue weighted by Gasteiger charge is 2.32. The Hall–Kier alpha value is -0.700. The molecule has 3 N–H and O–H groups in total. The Balaban J connectivity index is 2.70. The number of nitrogens with two attached hydrogens (primary N) is 1. The largest absolute Gasteiger partial charge is 0.381 e. The van der Waals surface area contributed by atoms with E-state index >= 15 is 0 Å². The van der Waals surface area contributed by atoms with Crippen LogP contribution in [0, 0.1) is 0 Å². The van der Waals surface area contributed by atoms with Gasteiger partial charge >= 0.3 is 0 Å². The zero-order chi connectivity index (χ0) is 13.6. The summed E-state index contributed by atoms with van der Waals surface area (Å²) in [4.78, 5) is 11.0. The lowest BCUT2D eigenvalue weighted by Gasteiger charge is -2.26. The summed E-state index contributed by atoms with van der Waals surface area (Å²) in [6, 6.07) is -0.191. The van der Waals surface area contributed by atoms with E-state index in [1.165, 1.54) is 4.31 Å².